The summed E-state index contributed by atoms with van der Waals surface area (Å²) in [6.45, 7) is 0. The molecule has 0 saturated heterocycles. The van der Waals surface area contributed by atoms with Crippen LogP contribution in [0.2, 0.25) is 5.02 Å². The fourth-order valence-corrected chi connectivity index (χ4v) is 2.40. The van der Waals surface area contributed by atoms with Crippen LogP contribution in [-0.2, 0) is 4.79 Å². The molecule has 3 nitrogen and oxygen atoms in total. The van der Waals surface area contributed by atoms with Gasteiger partial charge >= 0.3 is 0 Å². The number of rotatable bonds is 2. The minimum atomic E-state index is -0.469. The van der Waals surface area contributed by atoms with Gasteiger partial charge in [-0.25, -0.2) is 4.39 Å². The third-order valence-electron chi connectivity index (χ3n) is 3.04. The number of nitrogens with two attached hydrogens (primary N) is 1. The summed E-state index contributed by atoms with van der Waals surface area (Å²) in [5.41, 5.74) is 6.21. The van der Waals surface area contributed by atoms with Gasteiger partial charge in [0.15, 0.2) is 0 Å². The van der Waals surface area contributed by atoms with Crippen molar-refractivity contribution < 1.29 is 9.18 Å². The molecule has 1 aromatic carbocycles. The molecule has 92 valence electrons. The van der Waals surface area contributed by atoms with Gasteiger partial charge in [0, 0.05) is 16.8 Å². The van der Waals surface area contributed by atoms with Crippen LogP contribution in [-0.4, -0.2) is 11.9 Å². The molecule has 1 aliphatic rings. The summed E-state index contributed by atoms with van der Waals surface area (Å²) in [7, 11) is 0. The monoisotopic (exact) mass is 256 g/mol. The van der Waals surface area contributed by atoms with Crippen molar-refractivity contribution in [1.82, 2.24) is 0 Å². The van der Waals surface area contributed by atoms with E-state index in [1.165, 1.54) is 18.2 Å². The average molecular weight is 257 g/mol. The van der Waals surface area contributed by atoms with Crippen LogP contribution < -0.4 is 11.1 Å². The normalized spacial score (nSPS) is 23.7. The highest BCUT2D eigenvalue weighted by Gasteiger charge is 2.30. The van der Waals surface area contributed by atoms with Gasteiger partial charge in [-0.15, -0.1) is 0 Å². The third-order valence-corrected chi connectivity index (χ3v) is 3.25. The Kier molecular flexibility index (Phi) is 3.64. The van der Waals surface area contributed by atoms with Crippen LogP contribution >= 0.6 is 11.6 Å². The zero-order chi connectivity index (χ0) is 12.4. The Bertz CT molecular complexity index is 418. The molecule has 17 heavy (non-hydrogen) atoms. The molecule has 5 heteroatoms. The molecule has 3 N–H and O–H groups in total. The number of halogens is 2. The predicted octanol–water partition coefficient (Wildman–Crippen LogP) is 2.54. The first-order valence-corrected chi connectivity index (χ1v) is 5.96. The Labute approximate surface area is 104 Å². The lowest BCUT2D eigenvalue weighted by Crippen LogP contribution is -2.34. The van der Waals surface area contributed by atoms with E-state index in [0.717, 1.165) is 19.3 Å². The molecule has 0 spiro atoms. The van der Waals surface area contributed by atoms with Gasteiger partial charge in [0.1, 0.15) is 5.82 Å². The molecule has 0 aromatic heterocycles. The lowest BCUT2D eigenvalue weighted by Gasteiger charge is -2.15. The number of carbonyl (C=O) groups excluding carboxylic acids is 1. The van der Waals surface area contributed by atoms with Crippen molar-refractivity contribution in [3.63, 3.8) is 0 Å². The Balaban J connectivity index is 2.07. The van der Waals surface area contributed by atoms with Crippen LogP contribution in [0.15, 0.2) is 18.2 Å². The molecule has 2 atom stereocenters. The van der Waals surface area contributed by atoms with Crippen LogP contribution in [0.1, 0.15) is 19.3 Å². The molecule has 1 saturated carbocycles. The van der Waals surface area contributed by atoms with Gasteiger partial charge in [0.2, 0.25) is 5.91 Å². The molecular weight excluding hydrogens is 243 g/mol. The molecular formula is C12H14ClFN2O. The van der Waals surface area contributed by atoms with E-state index >= 15 is 0 Å². The molecule has 1 amide bonds. The minimum absolute atomic E-state index is 0.0981. The quantitative estimate of drug-likeness (QED) is 0.854. The number of hydrogen-bond donors (Lipinski definition) is 2. The fraction of sp³-hybridized carbons (Fsp3) is 0.417. The Morgan fingerprint density at radius 1 is 1.41 bits per heavy atom. The maximum Gasteiger partial charge on any atom is 0.229 e. The minimum Gasteiger partial charge on any atom is -0.327 e. The van der Waals surface area contributed by atoms with Crippen molar-refractivity contribution in [3.8, 4) is 0 Å². The van der Waals surface area contributed by atoms with Crippen LogP contribution in [0.4, 0.5) is 10.1 Å². The first-order valence-electron chi connectivity index (χ1n) is 5.59. The van der Waals surface area contributed by atoms with Crippen LogP contribution in [0.25, 0.3) is 0 Å². The maximum absolute atomic E-state index is 13.1. The second-order valence-corrected chi connectivity index (χ2v) is 4.79. The molecule has 1 aromatic rings. The standard InChI is InChI=1S/C12H14ClFN2O/c13-7-4-8(14)6-9(5-7)16-12(17)10-2-1-3-11(10)15/h4-6,10-11H,1-3,15H2,(H,16,17). The van der Waals surface area contributed by atoms with E-state index in [9.17, 15) is 9.18 Å². The fourth-order valence-electron chi connectivity index (χ4n) is 2.18. The smallest absolute Gasteiger partial charge is 0.229 e. The summed E-state index contributed by atoms with van der Waals surface area (Å²) in [6.07, 6.45) is 2.61. The lowest BCUT2D eigenvalue weighted by atomic mass is 10.0. The maximum atomic E-state index is 13.1. The first-order chi connectivity index (χ1) is 8.06. The van der Waals surface area contributed by atoms with Gasteiger partial charge in [0.05, 0.1) is 5.92 Å². The van der Waals surface area contributed by atoms with Crippen LogP contribution in [0.5, 0.6) is 0 Å². The molecule has 0 bridgehead atoms. The molecule has 2 unspecified atom stereocenters. The highest BCUT2D eigenvalue weighted by molar-refractivity contribution is 6.30. The number of nitrogens with one attached hydrogen (secondary N) is 1. The third kappa shape index (κ3) is 2.96. The van der Waals surface area contributed by atoms with Gasteiger partial charge in [-0.05, 0) is 31.0 Å². The second-order valence-electron chi connectivity index (χ2n) is 4.35. The summed E-state index contributed by atoms with van der Waals surface area (Å²) >= 11 is 5.71. The SMILES string of the molecule is NC1CCCC1C(=O)Nc1cc(F)cc(Cl)c1. The van der Waals surface area contributed by atoms with Crippen LogP contribution in [0.3, 0.4) is 0 Å². The summed E-state index contributed by atoms with van der Waals surface area (Å²) in [5.74, 6) is -0.808. The summed E-state index contributed by atoms with van der Waals surface area (Å²) in [6, 6.07) is 3.85. The molecule has 1 fully saturated rings. The number of benzene rings is 1. The zero-order valence-corrected chi connectivity index (χ0v) is 10.0. The molecule has 1 aliphatic carbocycles. The molecule has 0 aliphatic heterocycles. The summed E-state index contributed by atoms with van der Waals surface area (Å²) in [4.78, 5) is 11.9. The molecule has 0 heterocycles. The van der Waals surface area contributed by atoms with E-state index in [0.29, 0.717) is 5.69 Å². The Morgan fingerprint density at radius 3 is 2.76 bits per heavy atom. The van der Waals surface area contributed by atoms with E-state index in [1.807, 2.05) is 0 Å². The van der Waals surface area contributed by atoms with Crippen molar-refractivity contribution in [2.45, 2.75) is 25.3 Å². The van der Waals surface area contributed by atoms with Crippen LogP contribution in [0, 0.1) is 11.7 Å². The number of anilines is 1. The predicted molar refractivity (Wildman–Crippen MR) is 65.4 cm³/mol. The van der Waals surface area contributed by atoms with Gasteiger partial charge in [-0.2, -0.15) is 0 Å². The van der Waals surface area contributed by atoms with E-state index < -0.39 is 5.82 Å². The van der Waals surface area contributed by atoms with Gasteiger partial charge in [-0.1, -0.05) is 18.0 Å². The second kappa shape index (κ2) is 5.02. The van der Waals surface area contributed by atoms with Crippen molar-refractivity contribution >= 4 is 23.2 Å². The lowest BCUT2D eigenvalue weighted by molar-refractivity contribution is -0.120. The summed E-state index contributed by atoms with van der Waals surface area (Å²) in [5, 5.41) is 2.91. The summed E-state index contributed by atoms with van der Waals surface area (Å²) < 4.78 is 13.1. The van der Waals surface area contributed by atoms with E-state index in [4.69, 9.17) is 17.3 Å². The Morgan fingerprint density at radius 2 is 2.18 bits per heavy atom. The number of amides is 1. The average Bonchev–Trinajstić information content (AvgIpc) is 2.62. The first kappa shape index (κ1) is 12.3. The highest BCUT2D eigenvalue weighted by Crippen LogP contribution is 2.26. The van der Waals surface area contributed by atoms with Gasteiger partial charge in [0.25, 0.3) is 0 Å². The van der Waals surface area contributed by atoms with Crippen molar-refractivity contribution in [2.75, 3.05) is 5.32 Å². The van der Waals surface area contributed by atoms with E-state index in [1.54, 1.807) is 0 Å². The van der Waals surface area contributed by atoms with E-state index in [-0.39, 0.29) is 22.9 Å². The molecule has 0 radical (unpaired) electrons. The zero-order valence-electron chi connectivity index (χ0n) is 9.25. The number of hydrogen-bond acceptors (Lipinski definition) is 2. The van der Waals surface area contributed by atoms with Crippen molar-refractivity contribution in [2.24, 2.45) is 11.7 Å². The number of carbonyl (C=O) groups is 1. The highest BCUT2D eigenvalue weighted by atomic mass is 35.5. The van der Waals surface area contributed by atoms with Crippen molar-refractivity contribution in [1.29, 1.82) is 0 Å². The van der Waals surface area contributed by atoms with Crippen molar-refractivity contribution in [3.05, 3.63) is 29.0 Å². The Hall–Kier alpha value is -1.13. The molecule has 2 rings (SSSR count). The largest absolute Gasteiger partial charge is 0.327 e. The van der Waals surface area contributed by atoms with E-state index in [2.05, 4.69) is 5.32 Å². The van der Waals surface area contributed by atoms with Gasteiger partial charge < -0.3 is 11.1 Å². The van der Waals surface area contributed by atoms with Gasteiger partial charge in [-0.3, -0.25) is 4.79 Å². The topological polar surface area (TPSA) is 55.1 Å².